The maximum Gasteiger partial charge on any atom is 0.159 e. The Morgan fingerprint density at radius 2 is 1.57 bits per heavy atom. The Labute approximate surface area is 167 Å². The van der Waals surface area contributed by atoms with Crippen molar-refractivity contribution < 1.29 is 8.78 Å². The first-order chi connectivity index (χ1) is 13.6. The second-order valence-electron chi connectivity index (χ2n) is 8.28. The largest absolute Gasteiger partial charge is 0.204 e. The molecular weight excluding hydrogens is 352 g/mol. The maximum atomic E-state index is 13.5. The molecule has 0 spiro atoms. The molecule has 0 heterocycles. The monoisotopic (exact) mass is 381 g/mol. The van der Waals surface area contributed by atoms with E-state index in [1.54, 1.807) is 12.1 Å². The molecule has 2 aliphatic rings. The van der Waals surface area contributed by atoms with Crippen LogP contribution in [0.5, 0.6) is 0 Å². The van der Waals surface area contributed by atoms with Crippen molar-refractivity contribution in [3.05, 3.63) is 71.9 Å². The molecular formula is C25H29F2N. The summed E-state index contributed by atoms with van der Waals surface area (Å²) in [5.41, 5.74) is 2.34. The molecule has 2 saturated carbocycles. The summed E-state index contributed by atoms with van der Waals surface area (Å²) in [6.07, 6.45) is 16.5. The summed E-state index contributed by atoms with van der Waals surface area (Å²) in [6, 6.07) is 6.36. The number of allylic oxidation sites excluding steroid dienone is 5. The van der Waals surface area contributed by atoms with Gasteiger partial charge in [-0.05, 0) is 92.7 Å². The maximum absolute atomic E-state index is 13.5. The smallest absolute Gasteiger partial charge is 0.159 e. The molecule has 0 aromatic heterocycles. The highest BCUT2D eigenvalue weighted by atomic mass is 19.2. The van der Waals surface area contributed by atoms with Gasteiger partial charge >= 0.3 is 0 Å². The Bertz CT molecular complexity index is 770. The van der Waals surface area contributed by atoms with Gasteiger partial charge in [-0.15, -0.1) is 0 Å². The summed E-state index contributed by atoms with van der Waals surface area (Å²) in [4.78, 5) is 0. The van der Waals surface area contributed by atoms with Gasteiger partial charge in [-0.3, -0.25) is 0 Å². The quantitative estimate of drug-likeness (QED) is 0.300. The van der Waals surface area contributed by atoms with E-state index in [-0.39, 0.29) is 0 Å². The van der Waals surface area contributed by atoms with Gasteiger partial charge in [0.1, 0.15) is 0 Å². The molecule has 3 rings (SSSR count). The van der Waals surface area contributed by atoms with Crippen LogP contribution in [0.25, 0.3) is 0 Å². The van der Waals surface area contributed by atoms with Crippen molar-refractivity contribution in [3.63, 3.8) is 0 Å². The first-order valence-corrected chi connectivity index (χ1v) is 10.4. The highest BCUT2D eigenvalue weighted by Gasteiger charge is 2.29. The number of nitriles is 1. The average Bonchev–Trinajstić information content (AvgIpc) is 2.73. The minimum Gasteiger partial charge on any atom is -0.204 e. The summed E-state index contributed by atoms with van der Waals surface area (Å²) in [5, 5.41) is 8.51. The third-order valence-corrected chi connectivity index (χ3v) is 6.63. The molecule has 2 aliphatic carbocycles. The van der Waals surface area contributed by atoms with Crippen molar-refractivity contribution in [1.29, 1.82) is 5.26 Å². The van der Waals surface area contributed by atoms with E-state index in [0.29, 0.717) is 23.7 Å². The molecule has 0 unspecified atom stereocenters. The van der Waals surface area contributed by atoms with Crippen molar-refractivity contribution >= 4 is 0 Å². The highest BCUT2D eigenvalue weighted by molar-refractivity contribution is 5.23. The Morgan fingerprint density at radius 1 is 0.929 bits per heavy atom. The fourth-order valence-corrected chi connectivity index (χ4v) is 4.90. The lowest BCUT2D eigenvalue weighted by Crippen LogP contribution is -2.22. The first-order valence-electron chi connectivity index (χ1n) is 10.4. The van der Waals surface area contributed by atoms with Gasteiger partial charge in [0.25, 0.3) is 0 Å². The van der Waals surface area contributed by atoms with E-state index in [2.05, 4.69) is 12.7 Å². The predicted molar refractivity (Wildman–Crippen MR) is 110 cm³/mol. The van der Waals surface area contributed by atoms with Gasteiger partial charge in [-0.25, -0.2) is 8.78 Å². The molecule has 1 aromatic rings. The number of hydrogen-bond donors (Lipinski definition) is 0. The van der Waals surface area contributed by atoms with Crippen LogP contribution in [-0.4, -0.2) is 0 Å². The van der Waals surface area contributed by atoms with E-state index >= 15 is 0 Å². The standard InChI is InChI=1S/C25H29F2N/c1-18(20-8-6-19(7-9-20)5-3-2-4-16-28)21-10-12-22(13-11-21)23-14-15-24(26)25(27)17-23/h2-5,14-15,17,19-22H,1,6-13H2/b4-2+,5-3+/t19-,20-,21-,22-. The van der Waals surface area contributed by atoms with Crippen LogP contribution in [0, 0.1) is 40.7 Å². The molecule has 0 aliphatic heterocycles. The van der Waals surface area contributed by atoms with Crippen molar-refractivity contribution in [3.8, 4) is 6.07 Å². The molecule has 28 heavy (non-hydrogen) atoms. The fraction of sp³-hybridized carbons (Fsp3) is 0.480. The minimum absolute atomic E-state index is 0.335. The summed E-state index contributed by atoms with van der Waals surface area (Å²) in [5.74, 6) is 0.620. The average molecular weight is 382 g/mol. The van der Waals surface area contributed by atoms with Crippen LogP contribution in [0.2, 0.25) is 0 Å². The zero-order chi connectivity index (χ0) is 19.9. The SMILES string of the molecule is C=C([C@H]1CC[C@H](/C=C/C=C/C#N)CC1)[C@H]1CC[C@H](c2ccc(F)c(F)c2)CC1. The lowest BCUT2D eigenvalue weighted by Gasteiger charge is -2.36. The molecule has 0 amide bonds. The van der Waals surface area contributed by atoms with Gasteiger partial charge in [0.2, 0.25) is 0 Å². The molecule has 1 aromatic carbocycles. The third kappa shape index (κ3) is 5.19. The normalized spacial score (nSPS) is 28.5. The first kappa shape index (κ1) is 20.5. The molecule has 1 nitrogen and oxygen atoms in total. The number of nitrogens with zero attached hydrogens (tertiary/aromatic N) is 1. The highest BCUT2D eigenvalue weighted by Crippen LogP contribution is 2.43. The Kier molecular flexibility index (Phi) is 7.20. The van der Waals surface area contributed by atoms with Crippen LogP contribution < -0.4 is 0 Å². The number of benzene rings is 1. The van der Waals surface area contributed by atoms with E-state index < -0.39 is 11.6 Å². The van der Waals surface area contributed by atoms with Crippen LogP contribution in [0.3, 0.4) is 0 Å². The Morgan fingerprint density at radius 3 is 2.18 bits per heavy atom. The minimum atomic E-state index is -0.766. The summed E-state index contributed by atoms with van der Waals surface area (Å²) >= 11 is 0. The molecule has 0 bridgehead atoms. The third-order valence-electron chi connectivity index (χ3n) is 6.63. The molecule has 0 atom stereocenters. The Balaban J connectivity index is 1.47. The van der Waals surface area contributed by atoms with Crippen LogP contribution >= 0.6 is 0 Å². The van der Waals surface area contributed by atoms with Crippen molar-refractivity contribution in [1.82, 2.24) is 0 Å². The van der Waals surface area contributed by atoms with Crippen molar-refractivity contribution in [2.24, 2.45) is 17.8 Å². The molecule has 3 heteroatoms. The van der Waals surface area contributed by atoms with Crippen LogP contribution in [0.1, 0.15) is 62.8 Å². The zero-order valence-corrected chi connectivity index (χ0v) is 16.4. The van der Waals surface area contributed by atoms with Gasteiger partial charge in [0.05, 0.1) is 6.07 Å². The van der Waals surface area contributed by atoms with Gasteiger partial charge in [-0.1, -0.05) is 36.4 Å². The second kappa shape index (κ2) is 9.82. The molecule has 0 N–H and O–H groups in total. The molecule has 148 valence electrons. The summed E-state index contributed by atoms with van der Waals surface area (Å²) in [7, 11) is 0. The van der Waals surface area contributed by atoms with Crippen LogP contribution in [0.15, 0.2) is 54.7 Å². The predicted octanol–water partition coefficient (Wildman–Crippen LogP) is 7.24. The van der Waals surface area contributed by atoms with Crippen LogP contribution in [-0.2, 0) is 0 Å². The van der Waals surface area contributed by atoms with Crippen LogP contribution in [0.4, 0.5) is 8.78 Å². The lowest BCUT2D eigenvalue weighted by molar-refractivity contribution is 0.289. The fourth-order valence-electron chi connectivity index (χ4n) is 4.90. The summed E-state index contributed by atoms with van der Waals surface area (Å²) < 4.78 is 26.7. The van der Waals surface area contributed by atoms with E-state index in [1.165, 1.54) is 49.5 Å². The van der Waals surface area contributed by atoms with Crippen molar-refractivity contribution in [2.45, 2.75) is 57.3 Å². The van der Waals surface area contributed by atoms with E-state index in [4.69, 9.17) is 5.26 Å². The summed E-state index contributed by atoms with van der Waals surface area (Å²) in [6.45, 7) is 4.46. The Hall–Kier alpha value is -2.21. The zero-order valence-electron chi connectivity index (χ0n) is 16.4. The molecule has 0 radical (unpaired) electrons. The molecule has 2 fully saturated rings. The van der Waals surface area contributed by atoms with E-state index in [9.17, 15) is 8.78 Å². The topological polar surface area (TPSA) is 23.8 Å². The van der Waals surface area contributed by atoms with Crippen molar-refractivity contribution in [2.75, 3.05) is 0 Å². The number of halogens is 2. The van der Waals surface area contributed by atoms with Gasteiger partial charge in [-0.2, -0.15) is 5.26 Å². The van der Waals surface area contributed by atoms with Gasteiger partial charge < -0.3 is 0 Å². The number of hydrogen-bond acceptors (Lipinski definition) is 1. The van der Waals surface area contributed by atoms with E-state index in [1.807, 2.05) is 12.1 Å². The molecule has 0 saturated heterocycles. The van der Waals surface area contributed by atoms with Gasteiger partial charge in [0.15, 0.2) is 11.6 Å². The van der Waals surface area contributed by atoms with Gasteiger partial charge in [0, 0.05) is 6.08 Å². The van der Waals surface area contributed by atoms with E-state index in [0.717, 1.165) is 31.2 Å². The number of rotatable bonds is 5. The second-order valence-corrected chi connectivity index (χ2v) is 8.28. The lowest BCUT2D eigenvalue weighted by atomic mass is 9.70.